The van der Waals surface area contributed by atoms with Gasteiger partial charge in [0.15, 0.2) is 9.84 Å². The molecule has 0 aliphatic carbocycles. The number of sulfone groups is 1. The molecule has 1 saturated heterocycles. The van der Waals surface area contributed by atoms with Gasteiger partial charge in [0.2, 0.25) is 0 Å². The fraction of sp³-hybridized carbons (Fsp3) is 0.571. The minimum absolute atomic E-state index is 0.0297. The van der Waals surface area contributed by atoms with Crippen LogP contribution in [0.2, 0.25) is 0 Å². The maximum absolute atomic E-state index is 13.4. The first-order valence-electron chi connectivity index (χ1n) is 6.48. The van der Waals surface area contributed by atoms with Gasteiger partial charge in [-0.25, -0.2) is 12.8 Å². The van der Waals surface area contributed by atoms with E-state index < -0.39 is 9.84 Å². The second-order valence-electron chi connectivity index (χ2n) is 5.38. The molecule has 1 aliphatic heterocycles. The Kier molecular flexibility index (Phi) is 3.97. The van der Waals surface area contributed by atoms with Crippen LogP contribution in [0.4, 0.5) is 4.39 Å². The number of hydrogen-bond donors (Lipinski definition) is 1. The highest BCUT2D eigenvalue weighted by Crippen LogP contribution is 2.34. The third-order valence-corrected chi connectivity index (χ3v) is 5.71. The number of halogens is 1. The van der Waals surface area contributed by atoms with Gasteiger partial charge in [0.25, 0.3) is 0 Å². The lowest BCUT2D eigenvalue weighted by Crippen LogP contribution is -2.27. The maximum Gasteiger partial charge on any atom is 0.150 e. The van der Waals surface area contributed by atoms with Crippen molar-refractivity contribution in [3.63, 3.8) is 0 Å². The second-order valence-corrected chi connectivity index (χ2v) is 7.61. The van der Waals surface area contributed by atoms with Gasteiger partial charge in [0.1, 0.15) is 5.82 Å². The van der Waals surface area contributed by atoms with Crippen molar-refractivity contribution in [3.05, 3.63) is 34.6 Å². The monoisotopic (exact) mass is 285 g/mol. The van der Waals surface area contributed by atoms with E-state index in [1.807, 2.05) is 20.9 Å². The first-order valence-corrected chi connectivity index (χ1v) is 8.30. The van der Waals surface area contributed by atoms with Crippen LogP contribution in [0.15, 0.2) is 12.1 Å². The Morgan fingerprint density at radius 1 is 1.32 bits per heavy atom. The minimum Gasteiger partial charge on any atom is -0.313 e. The molecule has 106 valence electrons. The molecule has 1 aromatic carbocycles. The number of rotatable bonds is 3. The van der Waals surface area contributed by atoms with Crippen LogP contribution in [0, 0.1) is 25.6 Å². The third kappa shape index (κ3) is 2.98. The molecule has 2 unspecified atom stereocenters. The summed E-state index contributed by atoms with van der Waals surface area (Å²) in [5.41, 5.74) is 2.79. The summed E-state index contributed by atoms with van der Waals surface area (Å²) in [5.74, 6) is 0.301. The fourth-order valence-corrected chi connectivity index (χ4v) is 4.95. The molecule has 0 radical (unpaired) electrons. The molecule has 0 spiro atoms. The van der Waals surface area contributed by atoms with Crippen LogP contribution in [-0.2, 0) is 9.84 Å². The Morgan fingerprint density at radius 2 is 1.89 bits per heavy atom. The quantitative estimate of drug-likeness (QED) is 0.925. The lowest BCUT2D eigenvalue weighted by Gasteiger charge is -2.26. The van der Waals surface area contributed by atoms with E-state index in [4.69, 9.17) is 0 Å². The summed E-state index contributed by atoms with van der Waals surface area (Å²) in [4.78, 5) is 0. The van der Waals surface area contributed by atoms with Crippen LogP contribution < -0.4 is 5.32 Å². The summed E-state index contributed by atoms with van der Waals surface area (Å²) < 4.78 is 36.6. The van der Waals surface area contributed by atoms with E-state index >= 15 is 0 Å². The lowest BCUT2D eigenvalue weighted by molar-refractivity contribution is 0.415. The lowest BCUT2D eigenvalue weighted by atomic mass is 9.87. The molecule has 1 heterocycles. The molecule has 2 rings (SSSR count). The van der Waals surface area contributed by atoms with E-state index in [0.717, 1.165) is 16.7 Å². The molecule has 19 heavy (non-hydrogen) atoms. The first kappa shape index (κ1) is 14.5. The Bertz CT molecular complexity index is 560. The van der Waals surface area contributed by atoms with Crippen molar-refractivity contribution < 1.29 is 12.8 Å². The average molecular weight is 285 g/mol. The zero-order valence-electron chi connectivity index (χ0n) is 11.5. The van der Waals surface area contributed by atoms with Crippen LogP contribution in [0.5, 0.6) is 0 Å². The van der Waals surface area contributed by atoms with Gasteiger partial charge in [0, 0.05) is 6.04 Å². The highest BCUT2D eigenvalue weighted by molar-refractivity contribution is 7.91. The molecule has 0 bridgehead atoms. The van der Waals surface area contributed by atoms with Crippen LogP contribution in [0.3, 0.4) is 0 Å². The highest BCUT2D eigenvalue weighted by atomic mass is 32.2. The zero-order chi connectivity index (χ0) is 14.2. The number of nitrogens with one attached hydrogen (secondary N) is 1. The van der Waals surface area contributed by atoms with Crippen LogP contribution in [0.25, 0.3) is 0 Å². The maximum atomic E-state index is 13.4. The summed E-state index contributed by atoms with van der Waals surface area (Å²) in [6.07, 6.45) is 0.671. The smallest absolute Gasteiger partial charge is 0.150 e. The molecule has 3 nitrogen and oxygen atoms in total. The van der Waals surface area contributed by atoms with Crippen molar-refractivity contribution in [1.82, 2.24) is 5.32 Å². The van der Waals surface area contributed by atoms with E-state index in [1.54, 1.807) is 0 Å². The standard InChI is InChI=1S/C14H20FNO2S/c1-9-6-12(15)7-10(2)13(9)14(16-3)11-4-5-19(17,18)8-11/h6-7,11,14,16H,4-5,8H2,1-3H3. The summed E-state index contributed by atoms with van der Waals surface area (Å²) in [7, 11) is -1.08. The second kappa shape index (κ2) is 5.21. The summed E-state index contributed by atoms with van der Waals surface area (Å²) in [5, 5.41) is 3.21. The van der Waals surface area contributed by atoms with Gasteiger partial charge < -0.3 is 5.32 Å². The zero-order valence-corrected chi connectivity index (χ0v) is 12.3. The van der Waals surface area contributed by atoms with Gasteiger partial charge in [-0.2, -0.15) is 0 Å². The molecular weight excluding hydrogens is 265 g/mol. The topological polar surface area (TPSA) is 46.2 Å². The Morgan fingerprint density at radius 3 is 2.32 bits per heavy atom. The molecule has 0 aromatic heterocycles. The predicted octanol–water partition coefficient (Wildman–Crippen LogP) is 2.14. The van der Waals surface area contributed by atoms with E-state index in [0.29, 0.717) is 6.42 Å². The van der Waals surface area contributed by atoms with Crippen molar-refractivity contribution >= 4 is 9.84 Å². The fourth-order valence-electron chi connectivity index (χ4n) is 3.11. The molecule has 0 amide bonds. The number of benzene rings is 1. The highest BCUT2D eigenvalue weighted by Gasteiger charge is 2.34. The molecule has 1 aromatic rings. The molecule has 1 N–H and O–H groups in total. The number of hydrogen-bond acceptors (Lipinski definition) is 3. The van der Waals surface area contributed by atoms with E-state index in [1.165, 1.54) is 12.1 Å². The predicted molar refractivity (Wildman–Crippen MR) is 74.4 cm³/mol. The van der Waals surface area contributed by atoms with Gasteiger partial charge in [-0.1, -0.05) is 0 Å². The van der Waals surface area contributed by atoms with E-state index in [2.05, 4.69) is 5.32 Å². The number of aryl methyl sites for hydroxylation is 2. The molecule has 2 atom stereocenters. The van der Waals surface area contributed by atoms with Gasteiger partial charge in [-0.05, 0) is 62.1 Å². The van der Waals surface area contributed by atoms with Gasteiger partial charge in [0.05, 0.1) is 11.5 Å². The van der Waals surface area contributed by atoms with Crippen molar-refractivity contribution in [2.45, 2.75) is 26.3 Å². The van der Waals surface area contributed by atoms with Gasteiger partial charge in [-0.3, -0.25) is 0 Å². The summed E-state index contributed by atoms with van der Waals surface area (Å²) >= 11 is 0. The Hall–Kier alpha value is -0.940. The summed E-state index contributed by atoms with van der Waals surface area (Å²) in [6, 6.07) is 2.99. The van der Waals surface area contributed by atoms with Crippen molar-refractivity contribution in [1.29, 1.82) is 0 Å². The normalized spacial score (nSPS) is 23.5. The van der Waals surface area contributed by atoms with Crippen molar-refractivity contribution in [3.8, 4) is 0 Å². The van der Waals surface area contributed by atoms with Gasteiger partial charge >= 0.3 is 0 Å². The van der Waals surface area contributed by atoms with Crippen LogP contribution in [0.1, 0.15) is 29.2 Å². The minimum atomic E-state index is -2.91. The molecule has 1 aliphatic rings. The van der Waals surface area contributed by atoms with E-state index in [-0.39, 0.29) is 29.3 Å². The SMILES string of the molecule is CNC(c1c(C)cc(F)cc1C)C1CCS(=O)(=O)C1. The van der Waals surface area contributed by atoms with Crippen molar-refractivity contribution in [2.75, 3.05) is 18.6 Å². The largest absolute Gasteiger partial charge is 0.313 e. The molecular formula is C14H20FNO2S. The molecule has 5 heteroatoms. The third-order valence-electron chi connectivity index (χ3n) is 3.92. The van der Waals surface area contributed by atoms with Crippen LogP contribution >= 0.6 is 0 Å². The summed E-state index contributed by atoms with van der Waals surface area (Å²) in [6.45, 7) is 3.75. The average Bonchev–Trinajstić information content (AvgIpc) is 2.63. The Balaban J connectivity index is 2.38. The van der Waals surface area contributed by atoms with E-state index in [9.17, 15) is 12.8 Å². The van der Waals surface area contributed by atoms with Crippen molar-refractivity contribution in [2.24, 2.45) is 5.92 Å². The molecule has 1 fully saturated rings. The van der Waals surface area contributed by atoms with Gasteiger partial charge in [-0.15, -0.1) is 0 Å². The first-order chi connectivity index (χ1) is 8.84. The molecule has 0 saturated carbocycles. The Labute approximate surface area is 114 Å². The van der Waals surface area contributed by atoms with Crippen LogP contribution in [-0.4, -0.2) is 27.0 Å².